The Hall–Kier alpha value is -3.86. The molecule has 2 aliphatic rings. The number of anilines is 3. The van der Waals surface area contributed by atoms with Crippen LogP contribution in [0.5, 0.6) is 5.75 Å². The molecule has 1 unspecified atom stereocenters. The molecule has 6 rings (SSSR count). The Balaban J connectivity index is 1.22. The van der Waals surface area contributed by atoms with Gasteiger partial charge in [0, 0.05) is 24.0 Å². The number of hydrogen-bond acceptors (Lipinski definition) is 6. The number of halogens is 5. The number of imidazole rings is 1. The van der Waals surface area contributed by atoms with Gasteiger partial charge >= 0.3 is 6.18 Å². The summed E-state index contributed by atoms with van der Waals surface area (Å²) in [4.78, 5) is 14.7. The number of nitrogens with one attached hydrogen (secondary N) is 1. The van der Waals surface area contributed by atoms with Gasteiger partial charge in [-0.05, 0) is 54.3 Å². The molecule has 1 saturated carbocycles. The third-order valence-electron chi connectivity index (χ3n) is 7.45. The summed E-state index contributed by atoms with van der Waals surface area (Å²) in [6, 6.07) is 7.32. The number of fused-ring (bicyclic) bond motifs is 1. The molecule has 0 bridgehead atoms. The van der Waals surface area contributed by atoms with Gasteiger partial charge in [0.25, 0.3) is 0 Å². The molecule has 1 aliphatic carbocycles. The molecule has 0 radical (unpaired) electrons. The van der Waals surface area contributed by atoms with Crippen LogP contribution in [0.4, 0.5) is 35.0 Å². The maximum atomic E-state index is 15.1. The van der Waals surface area contributed by atoms with Crippen LogP contribution in [0.3, 0.4) is 0 Å². The molecule has 2 aromatic heterocycles. The molecule has 2 aromatic carbocycles. The predicted octanol–water partition coefficient (Wildman–Crippen LogP) is 7.13. The molecule has 12 heteroatoms. The minimum absolute atomic E-state index is 0.0192. The third-order valence-corrected chi connectivity index (χ3v) is 7.69. The molecule has 1 aliphatic heterocycles. The first-order valence-electron chi connectivity index (χ1n) is 12.8. The van der Waals surface area contributed by atoms with E-state index in [-0.39, 0.29) is 29.0 Å². The average molecular weight is 573 g/mol. The number of rotatable bonds is 6. The first-order chi connectivity index (χ1) is 19.2. The first kappa shape index (κ1) is 26.4. The summed E-state index contributed by atoms with van der Waals surface area (Å²) in [5, 5.41) is 3.15. The molecule has 1 fully saturated rings. The van der Waals surface area contributed by atoms with Gasteiger partial charge in [0.2, 0.25) is 5.95 Å². The van der Waals surface area contributed by atoms with Crippen LogP contribution in [0, 0.1) is 11.7 Å². The number of ether oxygens (including phenoxy) is 1. The van der Waals surface area contributed by atoms with E-state index in [1.165, 1.54) is 43.7 Å². The fourth-order valence-corrected chi connectivity index (χ4v) is 5.27. The van der Waals surface area contributed by atoms with Crippen molar-refractivity contribution in [1.82, 2.24) is 19.5 Å². The number of aromatic nitrogens is 4. The smallest absolute Gasteiger partial charge is 0.416 e. The highest BCUT2D eigenvalue weighted by atomic mass is 35.5. The van der Waals surface area contributed by atoms with Crippen molar-refractivity contribution in [2.24, 2.45) is 5.92 Å². The highest BCUT2D eigenvalue weighted by Crippen LogP contribution is 2.42. The molecule has 4 aromatic rings. The highest BCUT2D eigenvalue weighted by molar-refractivity contribution is 6.30. The van der Waals surface area contributed by atoms with E-state index >= 15 is 4.39 Å². The number of hydrogen-bond donors (Lipinski definition) is 1. The van der Waals surface area contributed by atoms with E-state index in [4.69, 9.17) is 16.3 Å². The molecule has 1 atom stereocenters. The van der Waals surface area contributed by atoms with Gasteiger partial charge in [-0.15, -0.1) is 0 Å². The molecule has 208 valence electrons. The summed E-state index contributed by atoms with van der Waals surface area (Å²) < 4.78 is 63.6. The van der Waals surface area contributed by atoms with Crippen LogP contribution in [-0.2, 0) is 12.6 Å². The van der Waals surface area contributed by atoms with Gasteiger partial charge < -0.3 is 19.5 Å². The van der Waals surface area contributed by atoms with Crippen molar-refractivity contribution in [2.75, 3.05) is 23.9 Å². The Bertz CT molecular complexity index is 1550. The van der Waals surface area contributed by atoms with E-state index in [0.29, 0.717) is 23.0 Å². The lowest BCUT2D eigenvalue weighted by molar-refractivity contribution is -0.138. The van der Waals surface area contributed by atoms with Crippen molar-refractivity contribution < 1.29 is 22.3 Å². The minimum atomic E-state index is -4.56. The van der Waals surface area contributed by atoms with Crippen LogP contribution in [-0.4, -0.2) is 33.2 Å². The maximum absolute atomic E-state index is 15.1. The van der Waals surface area contributed by atoms with E-state index < -0.39 is 23.6 Å². The number of benzene rings is 2. The van der Waals surface area contributed by atoms with Crippen molar-refractivity contribution in [3.05, 3.63) is 82.8 Å². The molecular formula is C28H25ClF4N6O. The third kappa shape index (κ3) is 5.17. The minimum Gasteiger partial charge on any atom is -0.486 e. The van der Waals surface area contributed by atoms with Gasteiger partial charge in [0.05, 0.1) is 35.5 Å². The Morgan fingerprint density at radius 3 is 2.67 bits per heavy atom. The van der Waals surface area contributed by atoms with E-state index in [1.807, 2.05) is 6.20 Å². The largest absolute Gasteiger partial charge is 0.486 e. The Labute approximate surface area is 232 Å². The molecule has 40 heavy (non-hydrogen) atoms. The van der Waals surface area contributed by atoms with Gasteiger partial charge in [-0.25, -0.2) is 14.4 Å². The lowest BCUT2D eigenvalue weighted by Crippen LogP contribution is -2.35. The molecule has 3 heterocycles. The monoisotopic (exact) mass is 572 g/mol. The van der Waals surface area contributed by atoms with Crippen molar-refractivity contribution in [2.45, 2.75) is 37.9 Å². The van der Waals surface area contributed by atoms with Crippen molar-refractivity contribution >= 4 is 29.1 Å². The average Bonchev–Trinajstić information content (AvgIpc) is 3.34. The van der Waals surface area contributed by atoms with Gasteiger partial charge in [0.1, 0.15) is 12.4 Å². The second kappa shape index (κ2) is 10.3. The topological polar surface area (TPSA) is 68.1 Å². The zero-order valence-electron chi connectivity index (χ0n) is 21.4. The summed E-state index contributed by atoms with van der Waals surface area (Å²) in [6.07, 6.45) is 4.92. The fourth-order valence-electron chi connectivity index (χ4n) is 5.09. The van der Waals surface area contributed by atoms with Crippen molar-refractivity contribution in [1.29, 1.82) is 0 Å². The van der Waals surface area contributed by atoms with Crippen LogP contribution in [0.2, 0.25) is 5.02 Å². The van der Waals surface area contributed by atoms with E-state index in [0.717, 1.165) is 18.2 Å². The van der Waals surface area contributed by atoms with Crippen molar-refractivity contribution in [3.8, 4) is 11.4 Å². The highest BCUT2D eigenvalue weighted by Gasteiger charge is 2.38. The molecular weight excluding hydrogens is 548 g/mol. The van der Waals surface area contributed by atoms with Crippen molar-refractivity contribution in [3.63, 3.8) is 0 Å². The maximum Gasteiger partial charge on any atom is 0.416 e. The second-order valence-corrected chi connectivity index (χ2v) is 10.5. The van der Waals surface area contributed by atoms with Crippen LogP contribution in [0.15, 0.2) is 55.1 Å². The normalized spacial score (nSPS) is 17.2. The van der Waals surface area contributed by atoms with E-state index in [9.17, 15) is 13.2 Å². The molecule has 0 spiro atoms. The van der Waals surface area contributed by atoms with Crippen LogP contribution < -0.4 is 15.0 Å². The lowest BCUT2D eigenvalue weighted by atomic mass is 9.82. The standard InChI is InChI=1S/C28H25ClF4N6O/c1-38-24(20-10-17(29)5-7-21(20)28(31,32)33)14-40-25-12-34-27(37-26(25)38)36-18-6-8-23(22(30)11-18)39-13-19(35-15-39)9-16-3-2-4-16/h5-8,10-13,15-16,24H,2-4,9,14H2,1H3,(H,34,36,37). The number of alkyl halides is 3. The molecule has 0 saturated heterocycles. The number of nitrogens with zero attached hydrogens (tertiary/aromatic N) is 5. The Morgan fingerprint density at radius 2 is 1.95 bits per heavy atom. The quantitative estimate of drug-likeness (QED) is 0.248. The fraction of sp³-hybridized carbons (Fsp3) is 0.321. The lowest BCUT2D eigenvalue weighted by Gasteiger charge is -2.36. The summed E-state index contributed by atoms with van der Waals surface area (Å²) in [5.41, 5.74) is 0.896. The SMILES string of the molecule is CN1c2nc(Nc3ccc(-n4cnc(CC5CCC5)c4)c(F)c3)ncc2OCC1c1cc(Cl)ccc1C(F)(F)F. The Morgan fingerprint density at radius 1 is 1.12 bits per heavy atom. The second-order valence-electron chi connectivity index (χ2n) is 10.1. The van der Waals surface area contributed by atoms with Gasteiger partial charge in [0.15, 0.2) is 11.6 Å². The van der Waals surface area contributed by atoms with Gasteiger partial charge in [-0.3, -0.25) is 0 Å². The molecule has 0 amide bonds. The zero-order chi connectivity index (χ0) is 28.0. The summed E-state index contributed by atoms with van der Waals surface area (Å²) in [6.45, 7) is -0.0493. The number of likely N-dealkylation sites (N-methyl/N-ethyl adjacent to an activating group) is 1. The Kier molecular flexibility index (Phi) is 6.77. The van der Waals surface area contributed by atoms with E-state index in [2.05, 4.69) is 20.3 Å². The van der Waals surface area contributed by atoms with Crippen LogP contribution in [0.25, 0.3) is 5.69 Å². The predicted molar refractivity (Wildman–Crippen MR) is 143 cm³/mol. The summed E-state index contributed by atoms with van der Waals surface area (Å²) in [7, 11) is 1.63. The van der Waals surface area contributed by atoms with Crippen LogP contribution in [0.1, 0.15) is 42.1 Å². The summed E-state index contributed by atoms with van der Waals surface area (Å²) >= 11 is 6.04. The van der Waals surface area contributed by atoms with Gasteiger partial charge in [-0.1, -0.05) is 30.9 Å². The first-order valence-corrected chi connectivity index (χ1v) is 13.2. The van der Waals surface area contributed by atoms with Crippen LogP contribution >= 0.6 is 11.6 Å². The molecule has 7 nitrogen and oxygen atoms in total. The summed E-state index contributed by atoms with van der Waals surface area (Å²) in [5.74, 6) is 0.940. The van der Waals surface area contributed by atoms with Gasteiger partial charge in [-0.2, -0.15) is 18.2 Å². The van der Waals surface area contributed by atoms with E-state index in [1.54, 1.807) is 35.0 Å². The molecule has 1 N–H and O–H groups in total. The zero-order valence-corrected chi connectivity index (χ0v) is 22.2.